The summed E-state index contributed by atoms with van der Waals surface area (Å²) in [5.74, 6) is 0.383. The molecule has 8 heteroatoms. The molecule has 0 bridgehead atoms. The van der Waals surface area contributed by atoms with Crippen LogP contribution < -0.4 is 19.5 Å². The predicted octanol–water partition coefficient (Wildman–Crippen LogP) is 4.49. The maximum absolute atomic E-state index is 12.0. The predicted molar refractivity (Wildman–Crippen MR) is 120 cm³/mol. The van der Waals surface area contributed by atoms with Crippen molar-refractivity contribution in [3.05, 3.63) is 83.4 Å². The number of esters is 1. The maximum Gasteiger partial charge on any atom is 0.344 e. The van der Waals surface area contributed by atoms with Gasteiger partial charge in [-0.05, 0) is 48.0 Å². The van der Waals surface area contributed by atoms with Crippen molar-refractivity contribution in [2.45, 2.75) is 6.61 Å². The first kappa shape index (κ1) is 23.0. The molecule has 0 aromatic heterocycles. The zero-order valence-corrected chi connectivity index (χ0v) is 18.1. The van der Waals surface area contributed by atoms with Crippen molar-refractivity contribution < 1.29 is 28.5 Å². The Morgan fingerprint density at radius 2 is 1.56 bits per heavy atom. The Morgan fingerprint density at radius 3 is 2.25 bits per heavy atom. The largest absolute Gasteiger partial charge is 0.495 e. The van der Waals surface area contributed by atoms with E-state index in [0.29, 0.717) is 34.6 Å². The summed E-state index contributed by atoms with van der Waals surface area (Å²) >= 11 is 5.92. The number of benzene rings is 3. The van der Waals surface area contributed by atoms with Gasteiger partial charge in [0.1, 0.15) is 23.9 Å². The van der Waals surface area contributed by atoms with Gasteiger partial charge in [-0.3, -0.25) is 4.79 Å². The molecule has 0 heterocycles. The summed E-state index contributed by atoms with van der Waals surface area (Å²) < 4.78 is 21.2. The molecular formula is C24H22ClNO6. The molecule has 1 amide bonds. The van der Waals surface area contributed by atoms with E-state index in [-0.39, 0.29) is 6.61 Å². The number of hydrogen-bond acceptors (Lipinski definition) is 6. The topological polar surface area (TPSA) is 83.1 Å². The second-order valence-electron chi connectivity index (χ2n) is 6.59. The third kappa shape index (κ3) is 7.21. The Hall–Kier alpha value is -3.71. The van der Waals surface area contributed by atoms with E-state index in [1.165, 1.54) is 13.2 Å². The minimum absolute atomic E-state index is 0.335. The van der Waals surface area contributed by atoms with Gasteiger partial charge in [0.15, 0.2) is 13.2 Å². The van der Waals surface area contributed by atoms with Crippen molar-refractivity contribution in [2.75, 3.05) is 25.6 Å². The monoisotopic (exact) mass is 455 g/mol. The number of nitrogens with one attached hydrogen (secondary N) is 1. The van der Waals surface area contributed by atoms with Crippen LogP contribution in [0.1, 0.15) is 5.56 Å². The number of halogens is 1. The highest BCUT2D eigenvalue weighted by Crippen LogP contribution is 2.27. The van der Waals surface area contributed by atoms with Gasteiger partial charge in [-0.1, -0.05) is 41.9 Å². The zero-order valence-electron chi connectivity index (χ0n) is 17.4. The molecule has 0 radical (unpaired) electrons. The molecule has 3 aromatic rings. The lowest BCUT2D eigenvalue weighted by molar-refractivity contribution is -0.149. The molecule has 7 nitrogen and oxygen atoms in total. The SMILES string of the molecule is COc1ccc(Cl)cc1NC(=O)COC(=O)COc1ccc(OCc2ccccc2)cc1. The molecule has 1 N–H and O–H groups in total. The average Bonchev–Trinajstić information content (AvgIpc) is 2.81. The van der Waals surface area contributed by atoms with Gasteiger partial charge < -0.3 is 24.3 Å². The van der Waals surface area contributed by atoms with E-state index in [4.69, 9.17) is 30.5 Å². The average molecular weight is 456 g/mol. The van der Waals surface area contributed by atoms with E-state index in [9.17, 15) is 9.59 Å². The van der Waals surface area contributed by atoms with Gasteiger partial charge in [0.2, 0.25) is 0 Å². The van der Waals surface area contributed by atoms with Gasteiger partial charge in [0.25, 0.3) is 5.91 Å². The summed E-state index contributed by atoms with van der Waals surface area (Å²) in [6.07, 6.45) is 0. The number of ether oxygens (including phenoxy) is 4. The fourth-order valence-corrected chi connectivity index (χ4v) is 2.84. The Morgan fingerprint density at radius 1 is 0.875 bits per heavy atom. The van der Waals surface area contributed by atoms with Crippen molar-refractivity contribution in [1.82, 2.24) is 0 Å². The zero-order chi connectivity index (χ0) is 22.8. The van der Waals surface area contributed by atoms with Crippen LogP contribution in [0.5, 0.6) is 17.2 Å². The van der Waals surface area contributed by atoms with Crippen LogP contribution in [-0.4, -0.2) is 32.2 Å². The Labute approximate surface area is 190 Å². The number of carbonyl (C=O) groups is 2. The van der Waals surface area contributed by atoms with Crippen molar-refractivity contribution in [2.24, 2.45) is 0 Å². The fourth-order valence-electron chi connectivity index (χ4n) is 2.67. The van der Waals surface area contributed by atoms with E-state index in [1.807, 2.05) is 30.3 Å². The second kappa shape index (κ2) is 11.6. The van der Waals surface area contributed by atoms with Gasteiger partial charge in [-0.25, -0.2) is 4.79 Å². The molecule has 0 spiro atoms. The minimum atomic E-state index is -0.678. The summed E-state index contributed by atoms with van der Waals surface area (Å²) in [4.78, 5) is 23.9. The molecule has 0 saturated heterocycles. The Bertz CT molecular complexity index is 1040. The van der Waals surface area contributed by atoms with Crippen molar-refractivity contribution in [1.29, 1.82) is 0 Å². The third-order valence-corrected chi connectivity index (χ3v) is 4.46. The quantitative estimate of drug-likeness (QED) is 0.453. The molecule has 32 heavy (non-hydrogen) atoms. The maximum atomic E-state index is 12.0. The number of hydrogen-bond donors (Lipinski definition) is 1. The van der Waals surface area contributed by atoms with Crippen LogP contribution in [-0.2, 0) is 20.9 Å². The van der Waals surface area contributed by atoms with Gasteiger partial charge in [-0.2, -0.15) is 0 Å². The van der Waals surface area contributed by atoms with Crippen LogP contribution >= 0.6 is 11.6 Å². The molecule has 0 unspecified atom stereocenters. The summed E-state index contributed by atoms with van der Waals surface area (Å²) in [6, 6.07) is 21.5. The van der Waals surface area contributed by atoms with Crippen LogP contribution in [0.25, 0.3) is 0 Å². The first-order valence-corrected chi connectivity index (χ1v) is 10.1. The van der Waals surface area contributed by atoms with Crippen LogP contribution in [0, 0.1) is 0 Å². The lowest BCUT2D eigenvalue weighted by Gasteiger charge is -2.11. The highest BCUT2D eigenvalue weighted by Gasteiger charge is 2.12. The van der Waals surface area contributed by atoms with Gasteiger partial charge in [0, 0.05) is 5.02 Å². The molecule has 0 saturated carbocycles. The lowest BCUT2D eigenvalue weighted by Crippen LogP contribution is -2.23. The Balaban J connectivity index is 1.39. The van der Waals surface area contributed by atoms with Crippen LogP contribution in [0.4, 0.5) is 5.69 Å². The van der Waals surface area contributed by atoms with E-state index < -0.39 is 18.5 Å². The number of amides is 1. The molecule has 0 aliphatic carbocycles. The minimum Gasteiger partial charge on any atom is -0.495 e. The first-order valence-electron chi connectivity index (χ1n) is 9.72. The number of carbonyl (C=O) groups excluding carboxylic acids is 2. The molecule has 3 rings (SSSR count). The van der Waals surface area contributed by atoms with Gasteiger partial charge >= 0.3 is 5.97 Å². The highest BCUT2D eigenvalue weighted by molar-refractivity contribution is 6.31. The summed E-state index contributed by atoms with van der Waals surface area (Å²) in [6.45, 7) is -0.349. The lowest BCUT2D eigenvalue weighted by atomic mass is 10.2. The normalized spacial score (nSPS) is 10.2. The van der Waals surface area contributed by atoms with Gasteiger partial charge in [-0.15, -0.1) is 0 Å². The fraction of sp³-hybridized carbons (Fsp3) is 0.167. The van der Waals surface area contributed by atoms with Crippen LogP contribution in [0.2, 0.25) is 5.02 Å². The molecule has 166 valence electrons. The van der Waals surface area contributed by atoms with Crippen molar-refractivity contribution in [3.8, 4) is 17.2 Å². The molecule has 0 fully saturated rings. The van der Waals surface area contributed by atoms with E-state index >= 15 is 0 Å². The second-order valence-corrected chi connectivity index (χ2v) is 7.02. The number of rotatable bonds is 10. The smallest absolute Gasteiger partial charge is 0.344 e. The molecule has 0 aliphatic heterocycles. The summed E-state index contributed by atoms with van der Waals surface area (Å²) in [5.41, 5.74) is 1.44. The van der Waals surface area contributed by atoms with E-state index in [1.54, 1.807) is 36.4 Å². The van der Waals surface area contributed by atoms with E-state index in [2.05, 4.69) is 5.32 Å². The highest BCUT2D eigenvalue weighted by atomic mass is 35.5. The van der Waals surface area contributed by atoms with Crippen LogP contribution in [0.3, 0.4) is 0 Å². The Kier molecular flexibility index (Phi) is 8.34. The van der Waals surface area contributed by atoms with Crippen LogP contribution in [0.15, 0.2) is 72.8 Å². The molecule has 3 aromatic carbocycles. The molecule has 0 aliphatic rings. The first-order chi connectivity index (χ1) is 15.5. The standard InChI is InChI=1S/C24H22ClNO6/c1-29-22-12-7-18(25)13-21(22)26-23(27)15-32-24(28)16-31-20-10-8-19(9-11-20)30-14-17-5-3-2-4-6-17/h2-13H,14-16H2,1H3,(H,26,27). The molecule has 0 atom stereocenters. The number of methoxy groups -OCH3 is 1. The third-order valence-electron chi connectivity index (χ3n) is 4.23. The number of anilines is 1. The van der Waals surface area contributed by atoms with Crippen molar-refractivity contribution in [3.63, 3.8) is 0 Å². The summed E-state index contributed by atoms with van der Waals surface area (Å²) in [5, 5.41) is 3.01. The van der Waals surface area contributed by atoms with Gasteiger partial charge in [0.05, 0.1) is 12.8 Å². The van der Waals surface area contributed by atoms with Crippen molar-refractivity contribution >= 4 is 29.2 Å². The molecular weight excluding hydrogens is 434 g/mol. The summed E-state index contributed by atoms with van der Waals surface area (Å²) in [7, 11) is 1.47. The van der Waals surface area contributed by atoms with E-state index in [0.717, 1.165) is 5.56 Å².